The van der Waals surface area contributed by atoms with E-state index in [0.717, 1.165) is 0 Å². The molecule has 2 rings (SSSR count). The fourth-order valence-corrected chi connectivity index (χ4v) is 2.73. The van der Waals surface area contributed by atoms with E-state index in [-0.39, 0.29) is 24.3 Å². The van der Waals surface area contributed by atoms with Gasteiger partial charge in [-0.05, 0) is 44.0 Å². The van der Waals surface area contributed by atoms with Gasteiger partial charge in [-0.1, -0.05) is 19.9 Å². The van der Waals surface area contributed by atoms with Crippen LogP contribution in [0.15, 0.2) is 24.4 Å². The van der Waals surface area contributed by atoms with Crippen molar-refractivity contribution in [1.29, 1.82) is 0 Å². The van der Waals surface area contributed by atoms with Gasteiger partial charge in [-0.15, -0.1) is 0 Å². The van der Waals surface area contributed by atoms with Crippen LogP contribution in [0, 0.1) is 11.8 Å². The van der Waals surface area contributed by atoms with E-state index in [4.69, 9.17) is 0 Å². The number of likely N-dealkylation sites (tertiary alicyclic amines) is 1. The first-order valence-corrected chi connectivity index (χ1v) is 8.96. The maximum absolute atomic E-state index is 12.3. The summed E-state index contributed by atoms with van der Waals surface area (Å²) < 4.78 is 0. The Morgan fingerprint density at radius 2 is 1.96 bits per heavy atom. The molecule has 1 saturated heterocycles. The molecule has 0 bridgehead atoms. The zero-order valence-electron chi connectivity index (χ0n) is 15.3. The van der Waals surface area contributed by atoms with Gasteiger partial charge in [-0.25, -0.2) is 9.78 Å². The summed E-state index contributed by atoms with van der Waals surface area (Å²) in [4.78, 5) is 41.8. The first-order chi connectivity index (χ1) is 12.4. The molecule has 0 aliphatic carbocycles. The molecule has 0 spiro atoms. The van der Waals surface area contributed by atoms with Gasteiger partial charge in [-0.3, -0.25) is 19.8 Å². The number of hydrogen-bond acceptors (Lipinski definition) is 5. The van der Waals surface area contributed by atoms with Gasteiger partial charge in [0.1, 0.15) is 5.82 Å². The quantitative estimate of drug-likeness (QED) is 0.707. The van der Waals surface area contributed by atoms with Gasteiger partial charge >= 0.3 is 6.03 Å². The third kappa shape index (κ3) is 6.79. The Morgan fingerprint density at radius 3 is 2.58 bits per heavy atom. The topological polar surface area (TPSA) is 103 Å². The molecule has 1 fully saturated rings. The molecule has 0 aromatic carbocycles. The number of hydrogen-bond donors (Lipinski definition) is 3. The Kier molecular flexibility index (Phi) is 7.53. The highest BCUT2D eigenvalue weighted by molar-refractivity contribution is 5.95. The van der Waals surface area contributed by atoms with Crippen LogP contribution in [0.2, 0.25) is 0 Å². The third-order valence-electron chi connectivity index (χ3n) is 4.17. The summed E-state index contributed by atoms with van der Waals surface area (Å²) >= 11 is 0. The average Bonchev–Trinajstić information content (AvgIpc) is 2.61. The van der Waals surface area contributed by atoms with Crippen LogP contribution in [-0.2, 0) is 9.59 Å². The first kappa shape index (κ1) is 19.8. The minimum absolute atomic E-state index is 0.0409. The third-order valence-corrected chi connectivity index (χ3v) is 4.17. The van der Waals surface area contributed by atoms with Crippen LogP contribution in [0.25, 0.3) is 0 Å². The molecule has 8 heteroatoms. The van der Waals surface area contributed by atoms with Crippen molar-refractivity contribution in [2.24, 2.45) is 11.8 Å². The van der Waals surface area contributed by atoms with Crippen LogP contribution >= 0.6 is 0 Å². The van der Waals surface area contributed by atoms with Crippen molar-refractivity contribution in [1.82, 2.24) is 20.5 Å². The molecule has 2 heterocycles. The lowest BCUT2D eigenvalue weighted by atomic mass is 9.96. The maximum atomic E-state index is 12.3. The van der Waals surface area contributed by atoms with E-state index in [1.165, 1.54) is 0 Å². The molecule has 0 unspecified atom stereocenters. The Hall–Kier alpha value is -2.48. The average molecular weight is 361 g/mol. The van der Waals surface area contributed by atoms with Crippen LogP contribution in [0.1, 0.15) is 26.7 Å². The highest BCUT2D eigenvalue weighted by Crippen LogP contribution is 2.18. The molecule has 4 amide bonds. The molecule has 1 aromatic heterocycles. The minimum Gasteiger partial charge on any atom is -0.338 e. The lowest BCUT2D eigenvalue weighted by Gasteiger charge is -2.30. The molecule has 1 aliphatic rings. The summed E-state index contributed by atoms with van der Waals surface area (Å²) in [6, 6.07) is 4.90. The van der Waals surface area contributed by atoms with Gasteiger partial charge in [0.05, 0.1) is 6.54 Å². The second kappa shape index (κ2) is 9.86. The van der Waals surface area contributed by atoms with Crippen LogP contribution in [-0.4, -0.2) is 53.9 Å². The van der Waals surface area contributed by atoms with Crippen molar-refractivity contribution >= 4 is 23.7 Å². The van der Waals surface area contributed by atoms with Crippen molar-refractivity contribution in [3.8, 4) is 0 Å². The molecule has 1 aliphatic heterocycles. The Balaban J connectivity index is 1.68. The van der Waals surface area contributed by atoms with Crippen molar-refractivity contribution in [3.63, 3.8) is 0 Å². The Labute approximate surface area is 153 Å². The normalized spacial score (nSPS) is 15.5. The van der Waals surface area contributed by atoms with Gasteiger partial charge in [0.25, 0.3) is 0 Å². The summed E-state index contributed by atoms with van der Waals surface area (Å²) in [6.45, 7) is 5.93. The number of imide groups is 1. The smallest absolute Gasteiger partial charge is 0.321 e. The summed E-state index contributed by atoms with van der Waals surface area (Å²) in [6.07, 6.45) is 2.98. The second-order valence-corrected chi connectivity index (χ2v) is 6.91. The number of piperidine rings is 1. The predicted molar refractivity (Wildman–Crippen MR) is 98.4 cm³/mol. The molecule has 0 saturated carbocycles. The van der Waals surface area contributed by atoms with Gasteiger partial charge in [0, 0.05) is 18.7 Å². The van der Waals surface area contributed by atoms with Crippen LogP contribution < -0.4 is 16.0 Å². The molecular formula is C18H27N5O3. The lowest BCUT2D eigenvalue weighted by Crippen LogP contribution is -2.47. The van der Waals surface area contributed by atoms with E-state index in [0.29, 0.717) is 44.2 Å². The molecule has 1 aromatic rings. The van der Waals surface area contributed by atoms with Crippen molar-refractivity contribution in [2.45, 2.75) is 26.7 Å². The molecule has 0 atom stereocenters. The summed E-state index contributed by atoms with van der Waals surface area (Å²) in [7, 11) is 0. The summed E-state index contributed by atoms with van der Waals surface area (Å²) in [5.74, 6) is 0.410. The van der Waals surface area contributed by atoms with Crippen molar-refractivity contribution < 1.29 is 14.4 Å². The minimum atomic E-state index is -0.465. The predicted octanol–water partition coefficient (Wildman–Crippen LogP) is 1.21. The van der Waals surface area contributed by atoms with Gasteiger partial charge in [0.15, 0.2) is 0 Å². The Morgan fingerprint density at radius 1 is 1.23 bits per heavy atom. The number of pyridine rings is 1. The zero-order chi connectivity index (χ0) is 18.9. The zero-order valence-corrected chi connectivity index (χ0v) is 15.3. The van der Waals surface area contributed by atoms with E-state index in [2.05, 4.69) is 20.9 Å². The fraction of sp³-hybridized carbons (Fsp3) is 0.556. The molecule has 3 N–H and O–H groups in total. The summed E-state index contributed by atoms with van der Waals surface area (Å²) in [5.41, 5.74) is 0. The molecule has 26 heavy (non-hydrogen) atoms. The SMILES string of the molecule is CC(C)CNC(=O)NC(=O)CN1CCC(C(=O)Nc2ccccn2)CC1. The number of aromatic nitrogens is 1. The van der Waals surface area contributed by atoms with E-state index in [1.807, 2.05) is 24.8 Å². The molecule has 142 valence electrons. The monoisotopic (exact) mass is 361 g/mol. The number of nitrogens with one attached hydrogen (secondary N) is 3. The summed E-state index contributed by atoms with van der Waals surface area (Å²) in [5, 5.41) is 7.79. The van der Waals surface area contributed by atoms with E-state index in [1.54, 1.807) is 18.3 Å². The number of amides is 4. The maximum Gasteiger partial charge on any atom is 0.321 e. The largest absolute Gasteiger partial charge is 0.338 e. The number of nitrogens with zero attached hydrogens (tertiary/aromatic N) is 2. The lowest BCUT2D eigenvalue weighted by molar-refractivity contribution is -0.122. The number of carbonyl (C=O) groups excluding carboxylic acids is 3. The van der Waals surface area contributed by atoms with Gasteiger partial charge in [-0.2, -0.15) is 0 Å². The standard InChI is InChI=1S/C18H27N5O3/c1-13(2)11-20-18(26)22-16(24)12-23-9-6-14(7-10-23)17(25)21-15-5-3-4-8-19-15/h3-5,8,13-14H,6-7,9-12H2,1-2H3,(H,19,21,25)(H2,20,22,24,26). The highest BCUT2D eigenvalue weighted by atomic mass is 16.2. The Bertz CT molecular complexity index is 613. The number of anilines is 1. The van der Waals surface area contributed by atoms with E-state index >= 15 is 0 Å². The van der Waals surface area contributed by atoms with Gasteiger partial charge < -0.3 is 10.6 Å². The van der Waals surface area contributed by atoms with Crippen LogP contribution in [0.5, 0.6) is 0 Å². The first-order valence-electron chi connectivity index (χ1n) is 8.96. The molecule has 8 nitrogen and oxygen atoms in total. The number of urea groups is 1. The van der Waals surface area contributed by atoms with Crippen molar-refractivity contribution in [3.05, 3.63) is 24.4 Å². The number of rotatable bonds is 6. The molecule has 0 radical (unpaired) electrons. The number of carbonyl (C=O) groups is 3. The van der Waals surface area contributed by atoms with Gasteiger partial charge in [0.2, 0.25) is 11.8 Å². The molecular weight excluding hydrogens is 334 g/mol. The highest BCUT2D eigenvalue weighted by Gasteiger charge is 2.26. The van der Waals surface area contributed by atoms with Crippen LogP contribution in [0.3, 0.4) is 0 Å². The van der Waals surface area contributed by atoms with E-state index < -0.39 is 6.03 Å². The fourth-order valence-electron chi connectivity index (χ4n) is 2.73. The van der Waals surface area contributed by atoms with E-state index in [9.17, 15) is 14.4 Å². The van der Waals surface area contributed by atoms with Crippen LogP contribution in [0.4, 0.5) is 10.6 Å². The van der Waals surface area contributed by atoms with Crippen molar-refractivity contribution in [2.75, 3.05) is 31.5 Å². The second-order valence-electron chi connectivity index (χ2n) is 6.91.